The monoisotopic (exact) mass is 293 g/mol. The van der Waals surface area contributed by atoms with E-state index >= 15 is 0 Å². The summed E-state index contributed by atoms with van der Waals surface area (Å²) in [5.41, 5.74) is 0.841. The highest BCUT2D eigenvalue weighted by Gasteiger charge is 2.42. The smallest absolute Gasteiger partial charge is 0.243 e. The highest BCUT2D eigenvalue weighted by Crippen LogP contribution is 2.37. The Kier molecular flexibility index (Phi) is 3.34. The minimum atomic E-state index is -3.42. The first-order valence-corrected chi connectivity index (χ1v) is 8.33. The summed E-state index contributed by atoms with van der Waals surface area (Å²) in [6, 6.07) is 5.22. The molecule has 2 atom stereocenters. The van der Waals surface area contributed by atoms with Crippen LogP contribution in [-0.2, 0) is 10.0 Å². The molecule has 5 heteroatoms. The van der Waals surface area contributed by atoms with Crippen molar-refractivity contribution in [3.8, 4) is 5.75 Å². The fourth-order valence-corrected chi connectivity index (χ4v) is 5.12. The Morgan fingerprint density at radius 2 is 2.10 bits per heavy atom. The molecule has 0 N–H and O–H groups in total. The van der Waals surface area contributed by atoms with Crippen molar-refractivity contribution in [3.63, 3.8) is 0 Å². The Bertz CT molecular complexity index is 651. The molecule has 2 heterocycles. The van der Waals surface area contributed by atoms with Crippen LogP contribution in [0.4, 0.5) is 0 Å². The van der Waals surface area contributed by atoms with E-state index in [-0.39, 0.29) is 12.1 Å². The van der Waals surface area contributed by atoms with Gasteiger partial charge in [0.1, 0.15) is 5.75 Å². The number of methoxy groups -OCH3 is 1. The van der Waals surface area contributed by atoms with E-state index in [1.165, 1.54) is 0 Å². The van der Waals surface area contributed by atoms with E-state index in [0.717, 1.165) is 24.8 Å². The molecule has 20 heavy (non-hydrogen) atoms. The second kappa shape index (κ2) is 4.90. The van der Waals surface area contributed by atoms with Crippen LogP contribution in [0.3, 0.4) is 0 Å². The fourth-order valence-electron chi connectivity index (χ4n) is 3.19. The van der Waals surface area contributed by atoms with E-state index in [4.69, 9.17) is 4.74 Å². The third kappa shape index (κ3) is 2.05. The highest BCUT2D eigenvalue weighted by molar-refractivity contribution is 7.89. The lowest BCUT2D eigenvalue weighted by molar-refractivity contribution is 0.341. The third-order valence-electron chi connectivity index (χ3n) is 4.19. The summed E-state index contributed by atoms with van der Waals surface area (Å²) in [6.45, 7) is 1.86. The first kappa shape index (κ1) is 13.6. The molecule has 1 aromatic rings. The lowest BCUT2D eigenvalue weighted by atomic mass is 10.2. The number of hydrogen-bond acceptors (Lipinski definition) is 3. The first-order valence-electron chi connectivity index (χ1n) is 6.89. The average Bonchev–Trinajstić information content (AvgIpc) is 2.70. The van der Waals surface area contributed by atoms with Gasteiger partial charge in [-0.2, -0.15) is 4.31 Å². The standard InChI is InChI=1S/C15H19NO3S/c1-11-10-14(8-9-15(11)19-2)20(17,18)16-12-4-3-5-13(16)7-6-12/h3-4,8-10,12-13H,5-7H2,1-2H3. The molecule has 1 fully saturated rings. The molecule has 108 valence electrons. The molecule has 0 aromatic heterocycles. The molecule has 0 amide bonds. The van der Waals surface area contributed by atoms with Gasteiger partial charge in [-0.15, -0.1) is 0 Å². The summed E-state index contributed by atoms with van der Waals surface area (Å²) >= 11 is 0. The van der Waals surface area contributed by atoms with E-state index in [1.54, 1.807) is 29.6 Å². The molecule has 3 rings (SSSR count). The van der Waals surface area contributed by atoms with Crippen molar-refractivity contribution < 1.29 is 13.2 Å². The van der Waals surface area contributed by atoms with Gasteiger partial charge < -0.3 is 4.74 Å². The van der Waals surface area contributed by atoms with Gasteiger partial charge in [0.15, 0.2) is 0 Å². The fraction of sp³-hybridized carbons (Fsp3) is 0.467. The van der Waals surface area contributed by atoms with Crippen LogP contribution in [0.2, 0.25) is 0 Å². The number of hydrogen-bond donors (Lipinski definition) is 0. The molecule has 0 aliphatic carbocycles. The summed E-state index contributed by atoms with van der Waals surface area (Å²) in [6.07, 6.45) is 6.83. The molecule has 2 aliphatic rings. The van der Waals surface area contributed by atoms with Gasteiger partial charge in [0.2, 0.25) is 10.0 Å². The minimum Gasteiger partial charge on any atom is -0.496 e. The van der Waals surface area contributed by atoms with Crippen LogP contribution in [0.5, 0.6) is 5.75 Å². The van der Waals surface area contributed by atoms with Gasteiger partial charge in [-0.3, -0.25) is 0 Å². The Hall–Kier alpha value is -1.33. The zero-order valence-electron chi connectivity index (χ0n) is 11.7. The van der Waals surface area contributed by atoms with E-state index in [9.17, 15) is 8.42 Å². The lowest BCUT2D eigenvalue weighted by Crippen LogP contribution is -2.41. The topological polar surface area (TPSA) is 46.6 Å². The van der Waals surface area contributed by atoms with Crippen LogP contribution in [-0.4, -0.2) is 31.9 Å². The molecule has 2 bridgehead atoms. The average molecular weight is 293 g/mol. The molecule has 0 radical (unpaired) electrons. The van der Waals surface area contributed by atoms with Crippen molar-refractivity contribution in [3.05, 3.63) is 35.9 Å². The zero-order valence-corrected chi connectivity index (χ0v) is 12.6. The van der Waals surface area contributed by atoms with Crippen molar-refractivity contribution in [2.45, 2.75) is 43.2 Å². The summed E-state index contributed by atoms with van der Waals surface area (Å²) in [5, 5.41) is 0. The Morgan fingerprint density at radius 1 is 1.30 bits per heavy atom. The van der Waals surface area contributed by atoms with Gasteiger partial charge in [-0.1, -0.05) is 12.2 Å². The van der Waals surface area contributed by atoms with Crippen molar-refractivity contribution in [1.82, 2.24) is 4.31 Å². The summed E-state index contributed by atoms with van der Waals surface area (Å²) in [7, 11) is -1.83. The van der Waals surface area contributed by atoms with Crippen LogP contribution < -0.4 is 4.74 Å². The maximum Gasteiger partial charge on any atom is 0.243 e. The number of nitrogens with zero attached hydrogens (tertiary/aromatic N) is 1. The lowest BCUT2D eigenvalue weighted by Gasteiger charge is -2.30. The molecular formula is C15H19NO3S. The van der Waals surface area contributed by atoms with Crippen LogP contribution in [0.15, 0.2) is 35.2 Å². The minimum absolute atomic E-state index is 0.0288. The molecule has 2 unspecified atom stereocenters. The van der Waals surface area contributed by atoms with Crippen LogP contribution >= 0.6 is 0 Å². The van der Waals surface area contributed by atoms with Crippen molar-refractivity contribution in [1.29, 1.82) is 0 Å². The van der Waals surface area contributed by atoms with E-state index < -0.39 is 10.0 Å². The molecular weight excluding hydrogens is 274 g/mol. The quantitative estimate of drug-likeness (QED) is 0.804. The number of fused-ring (bicyclic) bond motifs is 2. The van der Waals surface area contributed by atoms with Gasteiger partial charge in [-0.05, 0) is 49.9 Å². The Morgan fingerprint density at radius 3 is 2.75 bits per heavy atom. The summed E-state index contributed by atoms with van der Waals surface area (Å²) in [4.78, 5) is 0.364. The van der Waals surface area contributed by atoms with Crippen LogP contribution in [0.1, 0.15) is 24.8 Å². The predicted octanol–water partition coefficient (Wildman–Crippen LogP) is 2.49. The van der Waals surface area contributed by atoms with Gasteiger partial charge in [-0.25, -0.2) is 8.42 Å². The SMILES string of the molecule is COc1ccc(S(=O)(=O)N2C3C=CCC2CC3)cc1C. The van der Waals surface area contributed by atoms with Crippen LogP contribution in [0.25, 0.3) is 0 Å². The third-order valence-corrected chi connectivity index (χ3v) is 6.16. The van der Waals surface area contributed by atoms with Crippen molar-refractivity contribution >= 4 is 10.0 Å². The molecule has 4 nitrogen and oxygen atoms in total. The highest BCUT2D eigenvalue weighted by atomic mass is 32.2. The van der Waals surface area contributed by atoms with Gasteiger partial charge in [0.25, 0.3) is 0 Å². The van der Waals surface area contributed by atoms with Gasteiger partial charge in [0, 0.05) is 12.1 Å². The molecule has 0 saturated carbocycles. The largest absolute Gasteiger partial charge is 0.496 e. The number of benzene rings is 1. The number of rotatable bonds is 3. The maximum absolute atomic E-state index is 12.9. The predicted molar refractivity (Wildman–Crippen MR) is 77.3 cm³/mol. The summed E-state index contributed by atoms with van der Waals surface area (Å²) < 4.78 is 32.6. The molecule has 0 spiro atoms. The normalized spacial score (nSPS) is 25.9. The summed E-state index contributed by atoms with van der Waals surface area (Å²) in [5.74, 6) is 0.713. The van der Waals surface area contributed by atoms with Crippen molar-refractivity contribution in [2.75, 3.05) is 7.11 Å². The molecule has 1 aromatic carbocycles. The Balaban J connectivity index is 2.00. The van der Waals surface area contributed by atoms with Crippen LogP contribution in [0, 0.1) is 6.92 Å². The Labute approximate surface area is 120 Å². The van der Waals surface area contributed by atoms with Crippen molar-refractivity contribution in [2.24, 2.45) is 0 Å². The molecule has 1 saturated heterocycles. The number of sulfonamides is 1. The van der Waals surface area contributed by atoms with E-state index in [0.29, 0.717) is 10.6 Å². The second-order valence-electron chi connectivity index (χ2n) is 5.43. The number of aryl methyl sites for hydroxylation is 1. The second-order valence-corrected chi connectivity index (χ2v) is 7.27. The van der Waals surface area contributed by atoms with E-state index in [2.05, 4.69) is 6.08 Å². The molecule has 2 aliphatic heterocycles. The van der Waals surface area contributed by atoms with Gasteiger partial charge >= 0.3 is 0 Å². The first-order chi connectivity index (χ1) is 9.54. The zero-order chi connectivity index (χ0) is 14.3. The van der Waals surface area contributed by atoms with Gasteiger partial charge in [0.05, 0.1) is 12.0 Å². The van der Waals surface area contributed by atoms with E-state index in [1.807, 2.05) is 13.0 Å². The maximum atomic E-state index is 12.9. The number of ether oxygens (including phenoxy) is 1.